The standard InChI is InChI=1S/C27H28N2O4/c1-18-14-22-7-4-20(17-28-26(30)16-19-5-10-23(32-2)11-6-19)15-25(22)29(18)27(31)21-8-12-24(33-3)13-9-21/h4-13,15,18H,14,16-17H2,1-3H3,(H,28,30)/t18-/m0/s1. The van der Waals surface area contributed by atoms with Crippen molar-refractivity contribution in [1.29, 1.82) is 0 Å². The van der Waals surface area contributed by atoms with Crippen molar-refractivity contribution in [1.82, 2.24) is 5.32 Å². The van der Waals surface area contributed by atoms with Crippen molar-refractivity contribution in [2.24, 2.45) is 0 Å². The van der Waals surface area contributed by atoms with Gasteiger partial charge in [-0.25, -0.2) is 0 Å². The fourth-order valence-electron chi connectivity index (χ4n) is 4.14. The summed E-state index contributed by atoms with van der Waals surface area (Å²) in [6.07, 6.45) is 1.11. The van der Waals surface area contributed by atoms with Crippen molar-refractivity contribution >= 4 is 17.5 Å². The predicted octanol–water partition coefficient (Wildman–Crippen LogP) is 4.15. The molecule has 2 amide bonds. The van der Waals surface area contributed by atoms with Crippen LogP contribution in [0.15, 0.2) is 66.7 Å². The minimum atomic E-state index is -0.0554. The molecule has 0 bridgehead atoms. The summed E-state index contributed by atoms with van der Waals surface area (Å²) in [5, 5.41) is 2.98. The number of ether oxygens (including phenoxy) is 2. The van der Waals surface area contributed by atoms with E-state index in [2.05, 4.69) is 18.3 Å². The van der Waals surface area contributed by atoms with Gasteiger partial charge >= 0.3 is 0 Å². The third-order valence-electron chi connectivity index (χ3n) is 5.93. The summed E-state index contributed by atoms with van der Waals surface area (Å²) in [4.78, 5) is 27.5. The normalized spacial score (nSPS) is 14.5. The van der Waals surface area contributed by atoms with Crippen molar-refractivity contribution in [3.05, 3.63) is 89.0 Å². The van der Waals surface area contributed by atoms with Crippen LogP contribution < -0.4 is 19.7 Å². The Bertz CT molecular complexity index is 1140. The predicted molar refractivity (Wildman–Crippen MR) is 128 cm³/mol. The topological polar surface area (TPSA) is 67.9 Å². The molecule has 0 saturated heterocycles. The van der Waals surface area contributed by atoms with Crippen molar-refractivity contribution in [3.63, 3.8) is 0 Å². The van der Waals surface area contributed by atoms with Crippen molar-refractivity contribution < 1.29 is 19.1 Å². The maximum Gasteiger partial charge on any atom is 0.258 e. The molecule has 6 heteroatoms. The molecule has 0 fully saturated rings. The second-order valence-electron chi connectivity index (χ2n) is 8.22. The third kappa shape index (κ3) is 5.00. The van der Waals surface area contributed by atoms with Gasteiger partial charge in [0.1, 0.15) is 11.5 Å². The highest BCUT2D eigenvalue weighted by Gasteiger charge is 2.31. The number of hydrogen-bond donors (Lipinski definition) is 1. The first-order valence-electron chi connectivity index (χ1n) is 11.0. The number of rotatable bonds is 7. The Morgan fingerprint density at radius 2 is 1.52 bits per heavy atom. The maximum atomic E-state index is 13.3. The summed E-state index contributed by atoms with van der Waals surface area (Å²) in [5.41, 5.74) is 4.54. The smallest absolute Gasteiger partial charge is 0.258 e. The molecule has 1 aliphatic heterocycles. The number of carbonyl (C=O) groups excluding carboxylic acids is 2. The molecule has 3 aromatic carbocycles. The first-order chi connectivity index (χ1) is 16.0. The molecule has 0 unspecified atom stereocenters. The number of nitrogens with zero attached hydrogens (tertiary/aromatic N) is 1. The van der Waals surface area contributed by atoms with Gasteiger partial charge in [0, 0.05) is 23.8 Å². The average Bonchev–Trinajstić information content (AvgIpc) is 3.17. The number of nitrogens with one attached hydrogen (secondary N) is 1. The summed E-state index contributed by atoms with van der Waals surface area (Å²) in [6, 6.07) is 20.8. The number of benzene rings is 3. The van der Waals surface area contributed by atoms with Gasteiger partial charge < -0.3 is 19.7 Å². The van der Waals surface area contributed by atoms with Gasteiger partial charge in [-0.15, -0.1) is 0 Å². The van der Waals surface area contributed by atoms with Crippen LogP contribution in [0, 0.1) is 0 Å². The second kappa shape index (κ2) is 9.77. The van der Waals surface area contributed by atoms with E-state index in [4.69, 9.17) is 9.47 Å². The molecule has 1 aliphatic rings. The lowest BCUT2D eigenvalue weighted by molar-refractivity contribution is -0.120. The van der Waals surface area contributed by atoms with E-state index < -0.39 is 0 Å². The summed E-state index contributed by atoms with van der Waals surface area (Å²) in [5.74, 6) is 1.39. The van der Waals surface area contributed by atoms with E-state index in [1.54, 1.807) is 38.5 Å². The SMILES string of the molecule is COc1ccc(CC(=O)NCc2ccc3c(c2)N(C(=O)c2ccc(OC)cc2)[C@@H](C)C3)cc1. The van der Waals surface area contributed by atoms with Gasteiger partial charge in [-0.1, -0.05) is 24.3 Å². The fourth-order valence-corrected chi connectivity index (χ4v) is 4.14. The first-order valence-corrected chi connectivity index (χ1v) is 11.0. The van der Waals surface area contributed by atoms with Crippen LogP contribution in [0.1, 0.15) is 34.0 Å². The Balaban J connectivity index is 1.44. The second-order valence-corrected chi connectivity index (χ2v) is 8.22. The zero-order chi connectivity index (χ0) is 23.4. The van der Waals surface area contributed by atoms with Crippen LogP contribution in [0.5, 0.6) is 11.5 Å². The molecule has 33 heavy (non-hydrogen) atoms. The number of hydrogen-bond acceptors (Lipinski definition) is 4. The Morgan fingerprint density at radius 3 is 2.15 bits per heavy atom. The quantitative estimate of drug-likeness (QED) is 0.594. The molecule has 170 valence electrons. The van der Waals surface area contributed by atoms with Gasteiger partial charge in [0.2, 0.25) is 5.91 Å². The van der Waals surface area contributed by atoms with Crippen molar-refractivity contribution in [2.45, 2.75) is 32.4 Å². The van der Waals surface area contributed by atoms with E-state index in [9.17, 15) is 9.59 Å². The van der Waals surface area contributed by atoms with Crippen LogP contribution in [0.3, 0.4) is 0 Å². The van der Waals surface area contributed by atoms with E-state index in [1.807, 2.05) is 41.3 Å². The lowest BCUT2D eigenvalue weighted by atomic mass is 10.1. The molecule has 1 N–H and O–H groups in total. The highest BCUT2D eigenvalue weighted by molar-refractivity contribution is 6.07. The minimum Gasteiger partial charge on any atom is -0.497 e. The first kappa shape index (κ1) is 22.4. The van der Waals surface area contributed by atoms with Crippen LogP contribution >= 0.6 is 0 Å². The van der Waals surface area contributed by atoms with Crippen molar-refractivity contribution in [3.8, 4) is 11.5 Å². The van der Waals surface area contributed by atoms with E-state index in [0.29, 0.717) is 24.3 Å². The van der Waals surface area contributed by atoms with Gasteiger partial charge in [-0.05, 0) is 72.5 Å². The Hall–Kier alpha value is -3.80. The number of amides is 2. The summed E-state index contributed by atoms with van der Waals surface area (Å²) in [7, 11) is 3.22. The van der Waals surface area contributed by atoms with Crippen LogP contribution in [0.2, 0.25) is 0 Å². The van der Waals surface area contributed by atoms with Gasteiger partial charge in [0.05, 0.1) is 20.6 Å². The molecule has 0 saturated carbocycles. The van der Waals surface area contributed by atoms with Crippen LogP contribution in [0.4, 0.5) is 5.69 Å². The van der Waals surface area contributed by atoms with E-state index in [-0.39, 0.29) is 17.9 Å². The molecule has 6 nitrogen and oxygen atoms in total. The number of fused-ring (bicyclic) bond motifs is 1. The number of anilines is 1. The number of carbonyl (C=O) groups is 2. The molecule has 0 aliphatic carbocycles. The van der Waals surface area contributed by atoms with Gasteiger partial charge in [-0.3, -0.25) is 9.59 Å². The van der Waals surface area contributed by atoms with E-state index >= 15 is 0 Å². The maximum absolute atomic E-state index is 13.3. The van der Waals surface area contributed by atoms with Gasteiger partial charge in [0.15, 0.2) is 0 Å². The van der Waals surface area contributed by atoms with Crippen LogP contribution in [-0.2, 0) is 24.2 Å². The van der Waals surface area contributed by atoms with Crippen LogP contribution in [-0.4, -0.2) is 32.1 Å². The zero-order valence-corrected chi connectivity index (χ0v) is 19.1. The molecular formula is C27H28N2O4. The Kier molecular flexibility index (Phi) is 6.63. The van der Waals surface area contributed by atoms with Gasteiger partial charge in [0.25, 0.3) is 5.91 Å². The molecule has 1 heterocycles. The van der Waals surface area contributed by atoms with E-state index in [0.717, 1.165) is 34.5 Å². The van der Waals surface area contributed by atoms with Gasteiger partial charge in [-0.2, -0.15) is 0 Å². The average molecular weight is 445 g/mol. The molecule has 0 spiro atoms. The third-order valence-corrected chi connectivity index (χ3v) is 5.93. The molecule has 0 radical (unpaired) electrons. The highest BCUT2D eigenvalue weighted by Crippen LogP contribution is 2.34. The molecule has 3 aromatic rings. The fraction of sp³-hybridized carbons (Fsp3) is 0.259. The monoisotopic (exact) mass is 444 g/mol. The summed E-state index contributed by atoms with van der Waals surface area (Å²) >= 11 is 0. The lowest BCUT2D eigenvalue weighted by Crippen LogP contribution is -2.35. The summed E-state index contributed by atoms with van der Waals surface area (Å²) < 4.78 is 10.4. The minimum absolute atomic E-state index is 0.0374. The van der Waals surface area contributed by atoms with Crippen molar-refractivity contribution in [2.75, 3.05) is 19.1 Å². The van der Waals surface area contributed by atoms with E-state index in [1.165, 1.54) is 0 Å². The Labute approximate surface area is 194 Å². The summed E-state index contributed by atoms with van der Waals surface area (Å²) in [6.45, 7) is 2.46. The molecule has 1 atom stereocenters. The molecule has 0 aromatic heterocycles. The lowest BCUT2D eigenvalue weighted by Gasteiger charge is -2.23. The largest absolute Gasteiger partial charge is 0.497 e. The van der Waals surface area contributed by atoms with Crippen LogP contribution in [0.25, 0.3) is 0 Å². The highest BCUT2D eigenvalue weighted by atomic mass is 16.5. The molecular weight excluding hydrogens is 416 g/mol. The number of methoxy groups -OCH3 is 2. The Morgan fingerprint density at radius 1 is 0.909 bits per heavy atom. The molecule has 4 rings (SSSR count). The zero-order valence-electron chi connectivity index (χ0n) is 19.1.